The van der Waals surface area contributed by atoms with Gasteiger partial charge in [-0.3, -0.25) is 0 Å². The van der Waals surface area contributed by atoms with Gasteiger partial charge < -0.3 is 9.31 Å². The van der Waals surface area contributed by atoms with Crippen molar-refractivity contribution in [2.24, 2.45) is 0 Å². The highest BCUT2D eigenvalue weighted by Crippen LogP contribution is 2.36. The van der Waals surface area contributed by atoms with Crippen molar-refractivity contribution in [3.63, 3.8) is 0 Å². The molecule has 0 unspecified atom stereocenters. The maximum atomic E-state index is 12.1. The first kappa shape index (κ1) is 16.2. The van der Waals surface area contributed by atoms with Crippen molar-refractivity contribution in [1.82, 2.24) is 9.97 Å². The zero-order chi connectivity index (χ0) is 15.9. The molecular formula is C13H18BF3N2O2. The third-order valence-corrected chi connectivity index (χ3v) is 3.88. The fourth-order valence-corrected chi connectivity index (χ4v) is 1.85. The van der Waals surface area contributed by atoms with Crippen molar-refractivity contribution in [3.05, 3.63) is 18.2 Å². The molecule has 0 saturated carbocycles. The Bertz CT molecular complexity index is 487. The minimum absolute atomic E-state index is 0.160. The SMILES string of the molecule is CC1(C)OB(c2cnc(CCC(F)(F)F)nc2)OC1(C)C. The third kappa shape index (κ3) is 3.74. The van der Waals surface area contributed by atoms with Gasteiger partial charge in [-0.2, -0.15) is 13.2 Å². The molecule has 1 saturated heterocycles. The van der Waals surface area contributed by atoms with Gasteiger partial charge >= 0.3 is 13.3 Å². The van der Waals surface area contributed by atoms with E-state index in [4.69, 9.17) is 9.31 Å². The van der Waals surface area contributed by atoms with E-state index in [9.17, 15) is 13.2 Å². The summed E-state index contributed by atoms with van der Waals surface area (Å²) in [6.45, 7) is 7.69. The Morgan fingerprint density at radius 1 is 1.05 bits per heavy atom. The lowest BCUT2D eigenvalue weighted by atomic mass is 9.81. The molecule has 4 nitrogen and oxygen atoms in total. The van der Waals surface area contributed by atoms with Crippen LogP contribution in [0.3, 0.4) is 0 Å². The molecule has 1 aliphatic rings. The Balaban J connectivity index is 2.04. The van der Waals surface area contributed by atoms with Crippen molar-refractivity contribution in [1.29, 1.82) is 0 Å². The van der Waals surface area contributed by atoms with Crippen LogP contribution in [0.15, 0.2) is 12.4 Å². The van der Waals surface area contributed by atoms with E-state index in [1.54, 1.807) is 0 Å². The van der Waals surface area contributed by atoms with Crippen molar-refractivity contribution >= 4 is 12.6 Å². The van der Waals surface area contributed by atoms with Crippen LogP contribution in [0, 0.1) is 0 Å². The topological polar surface area (TPSA) is 44.2 Å². The lowest BCUT2D eigenvalue weighted by Gasteiger charge is -2.32. The van der Waals surface area contributed by atoms with E-state index in [1.807, 2.05) is 27.7 Å². The largest absolute Gasteiger partial charge is 0.498 e. The smallest absolute Gasteiger partial charge is 0.399 e. The van der Waals surface area contributed by atoms with Gasteiger partial charge in [-0.1, -0.05) is 0 Å². The van der Waals surface area contributed by atoms with E-state index >= 15 is 0 Å². The second-order valence-corrected chi connectivity index (χ2v) is 6.14. The van der Waals surface area contributed by atoms with E-state index in [1.165, 1.54) is 12.4 Å². The molecule has 1 aliphatic heterocycles. The molecule has 1 aromatic heterocycles. The van der Waals surface area contributed by atoms with Gasteiger partial charge in [0.1, 0.15) is 5.82 Å². The number of rotatable bonds is 3. The Labute approximate surface area is 122 Å². The Morgan fingerprint density at radius 2 is 1.52 bits per heavy atom. The second-order valence-electron chi connectivity index (χ2n) is 6.14. The van der Waals surface area contributed by atoms with E-state index in [-0.39, 0.29) is 12.2 Å². The quantitative estimate of drug-likeness (QED) is 0.804. The summed E-state index contributed by atoms with van der Waals surface area (Å²) in [4.78, 5) is 7.90. The maximum Gasteiger partial charge on any atom is 0.498 e. The monoisotopic (exact) mass is 302 g/mol. The molecule has 0 spiro atoms. The first-order valence-corrected chi connectivity index (χ1v) is 6.73. The second kappa shape index (κ2) is 5.24. The molecule has 0 N–H and O–H groups in total. The summed E-state index contributed by atoms with van der Waals surface area (Å²) in [5.74, 6) is 0.160. The number of alkyl halides is 3. The number of aryl methyl sites for hydroxylation is 1. The van der Waals surface area contributed by atoms with Crippen LogP contribution in [0.4, 0.5) is 13.2 Å². The predicted octanol–water partition coefficient (Wildman–Crippen LogP) is 2.27. The fraction of sp³-hybridized carbons (Fsp3) is 0.692. The predicted molar refractivity (Wildman–Crippen MR) is 72.1 cm³/mol. The standard InChI is InChI=1S/C13H18BF3N2O2/c1-11(2)12(3,4)21-14(20-11)9-7-18-10(19-8-9)5-6-13(15,16)17/h7-8H,5-6H2,1-4H3. The molecule has 2 rings (SSSR count). The maximum absolute atomic E-state index is 12.1. The lowest BCUT2D eigenvalue weighted by Crippen LogP contribution is -2.41. The van der Waals surface area contributed by atoms with E-state index in [2.05, 4.69) is 9.97 Å². The van der Waals surface area contributed by atoms with Crippen LogP contribution in [0.2, 0.25) is 0 Å². The van der Waals surface area contributed by atoms with Crippen molar-refractivity contribution in [3.8, 4) is 0 Å². The van der Waals surface area contributed by atoms with Crippen LogP contribution in [0.5, 0.6) is 0 Å². The van der Waals surface area contributed by atoms with Gasteiger partial charge in [-0.15, -0.1) is 0 Å². The van der Waals surface area contributed by atoms with Gasteiger partial charge in [0.15, 0.2) is 0 Å². The van der Waals surface area contributed by atoms with E-state index in [0.717, 1.165) is 0 Å². The first-order valence-electron chi connectivity index (χ1n) is 6.73. The molecule has 0 radical (unpaired) electrons. The number of hydrogen-bond acceptors (Lipinski definition) is 4. The van der Waals surface area contributed by atoms with Gasteiger partial charge in [0, 0.05) is 24.3 Å². The fourth-order valence-electron chi connectivity index (χ4n) is 1.85. The molecule has 0 aliphatic carbocycles. The average molecular weight is 302 g/mol. The summed E-state index contributed by atoms with van der Waals surface area (Å²) in [5.41, 5.74) is -0.358. The molecule has 21 heavy (non-hydrogen) atoms. The highest BCUT2D eigenvalue weighted by Gasteiger charge is 2.51. The minimum Gasteiger partial charge on any atom is -0.399 e. The molecule has 0 atom stereocenters. The lowest BCUT2D eigenvalue weighted by molar-refractivity contribution is -0.134. The van der Waals surface area contributed by atoms with Crippen LogP contribution in [0.1, 0.15) is 39.9 Å². The van der Waals surface area contributed by atoms with Crippen molar-refractivity contribution in [2.45, 2.75) is 57.9 Å². The Kier molecular flexibility index (Phi) is 4.05. The minimum atomic E-state index is -4.20. The summed E-state index contributed by atoms with van der Waals surface area (Å²) in [5, 5.41) is 0. The third-order valence-electron chi connectivity index (χ3n) is 3.88. The van der Waals surface area contributed by atoms with E-state index in [0.29, 0.717) is 5.46 Å². The molecule has 2 heterocycles. The van der Waals surface area contributed by atoms with E-state index < -0.39 is 30.9 Å². The Morgan fingerprint density at radius 3 is 1.95 bits per heavy atom. The summed E-state index contributed by atoms with van der Waals surface area (Å²) in [6, 6.07) is 0. The number of halogens is 3. The number of aromatic nitrogens is 2. The zero-order valence-corrected chi connectivity index (χ0v) is 12.5. The summed E-state index contributed by atoms with van der Waals surface area (Å²) in [7, 11) is -0.605. The number of nitrogens with zero attached hydrogens (tertiary/aromatic N) is 2. The number of hydrogen-bond donors (Lipinski definition) is 0. The zero-order valence-electron chi connectivity index (χ0n) is 12.5. The highest BCUT2D eigenvalue weighted by atomic mass is 19.4. The van der Waals surface area contributed by atoms with Gasteiger partial charge in [0.2, 0.25) is 0 Å². The van der Waals surface area contributed by atoms with Crippen LogP contribution in [-0.4, -0.2) is 34.5 Å². The molecular weight excluding hydrogens is 284 g/mol. The molecule has 8 heteroatoms. The molecule has 1 aromatic rings. The first-order chi connectivity index (χ1) is 9.50. The van der Waals surface area contributed by atoms with Crippen LogP contribution >= 0.6 is 0 Å². The highest BCUT2D eigenvalue weighted by molar-refractivity contribution is 6.61. The summed E-state index contributed by atoms with van der Waals surface area (Å²) < 4.78 is 48.1. The van der Waals surface area contributed by atoms with Crippen LogP contribution in [-0.2, 0) is 15.7 Å². The van der Waals surface area contributed by atoms with Gasteiger partial charge in [0.25, 0.3) is 0 Å². The summed E-state index contributed by atoms with van der Waals surface area (Å²) in [6.07, 6.45) is -2.44. The average Bonchev–Trinajstić information content (AvgIpc) is 2.56. The van der Waals surface area contributed by atoms with Gasteiger partial charge in [-0.05, 0) is 27.7 Å². The molecule has 116 valence electrons. The van der Waals surface area contributed by atoms with Crippen molar-refractivity contribution in [2.75, 3.05) is 0 Å². The Hall–Kier alpha value is -1.15. The van der Waals surface area contributed by atoms with Gasteiger partial charge in [-0.25, -0.2) is 9.97 Å². The van der Waals surface area contributed by atoms with Crippen LogP contribution < -0.4 is 5.46 Å². The van der Waals surface area contributed by atoms with Crippen molar-refractivity contribution < 1.29 is 22.5 Å². The molecule has 0 bridgehead atoms. The molecule has 0 amide bonds. The van der Waals surface area contributed by atoms with Crippen LogP contribution in [0.25, 0.3) is 0 Å². The molecule has 1 fully saturated rings. The normalized spacial score (nSPS) is 20.8. The molecule has 0 aromatic carbocycles. The summed E-state index contributed by atoms with van der Waals surface area (Å²) >= 11 is 0. The van der Waals surface area contributed by atoms with Gasteiger partial charge in [0.05, 0.1) is 17.6 Å².